The lowest BCUT2D eigenvalue weighted by atomic mass is 10.1. The molecule has 5 heteroatoms. The molecule has 1 saturated heterocycles. The first kappa shape index (κ1) is 12.3. The number of amides is 1. The van der Waals surface area contributed by atoms with Crippen molar-refractivity contribution in [1.29, 1.82) is 0 Å². The topological polar surface area (TPSA) is 63.7 Å². The number of ether oxygens (including phenoxy) is 1. The number of hydrogen-bond acceptors (Lipinski definition) is 4. The fourth-order valence-electron chi connectivity index (χ4n) is 1.75. The smallest absolute Gasteiger partial charge is 0.410 e. The largest absolute Gasteiger partial charge is 0.445 e. The second-order valence-electron chi connectivity index (χ2n) is 4.15. The van der Waals surface area contributed by atoms with E-state index in [0.717, 1.165) is 10.5 Å². The van der Waals surface area contributed by atoms with Crippen LogP contribution in [-0.4, -0.2) is 35.6 Å². The Balaban J connectivity index is 1.88. The molecule has 1 heterocycles. The number of hydrogen-bond donors (Lipinski definition) is 0. The second-order valence-corrected chi connectivity index (χ2v) is 4.15. The molecule has 1 amide bonds. The van der Waals surface area contributed by atoms with Crippen molar-refractivity contribution in [3.05, 3.63) is 35.9 Å². The summed E-state index contributed by atoms with van der Waals surface area (Å²) in [5.41, 5.74) is 0.862. The van der Waals surface area contributed by atoms with Gasteiger partial charge in [-0.1, -0.05) is 30.3 Å². The SMILES string of the molecule is O=C1CC(=O)CN(C(=O)OCc2ccccc2)C1. The molecule has 5 nitrogen and oxygen atoms in total. The van der Waals surface area contributed by atoms with Crippen molar-refractivity contribution in [2.45, 2.75) is 13.0 Å². The predicted octanol–water partition coefficient (Wildman–Crippen LogP) is 1.17. The Labute approximate surface area is 104 Å². The van der Waals surface area contributed by atoms with E-state index < -0.39 is 6.09 Å². The molecule has 1 aromatic rings. The highest BCUT2D eigenvalue weighted by Crippen LogP contribution is 2.07. The molecular formula is C13H13NO4. The monoisotopic (exact) mass is 247 g/mol. The zero-order chi connectivity index (χ0) is 13.0. The Morgan fingerprint density at radius 3 is 2.33 bits per heavy atom. The number of nitrogens with zero attached hydrogens (tertiary/aromatic N) is 1. The van der Waals surface area contributed by atoms with Gasteiger partial charge in [0, 0.05) is 0 Å². The first-order valence-electron chi connectivity index (χ1n) is 5.64. The van der Waals surface area contributed by atoms with E-state index in [1.165, 1.54) is 0 Å². The first-order chi connectivity index (χ1) is 8.65. The summed E-state index contributed by atoms with van der Waals surface area (Å²) < 4.78 is 5.05. The van der Waals surface area contributed by atoms with Crippen LogP contribution in [0.2, 0.25) is 0 Å². The van der Waals surface area contributed by atoms with E-state index >= 15 is 0 Å². The summed E-state index contributed by atoms with van der Waals surface area (Å²) in [6.07, 6.45) is -0.706. The number of benzene rings is 1. The van der Waals surface area contributed by atoms with Crippen LogP contribution in [0, 0.1) is 0 Å². The number of carbonyl (C=O) groups is 3. The molecule has 1 fully saturated rings. The van der Waals surface area contributed by atoms with Crippen molar-refractivity contribution in [3.8, 4) is 0 Å². The molecule has 0 aromatic heterocycles. The molecule has 0 spiro atoms. The molecule has 2 rings (SSSR count). The number of Topliss-reactive ketones (excluding diaryl/α,β-unsaturated/α-hetero) is 2. The number of rotatable bonds is 2. The summed E-state index contributed by atoms with van der Waals surface area (Å²) in [4.78, 5) is 35.2. The van der Waals surface area contributed by atoms with Gasteiger partial charge < -0.3 is 4.74 Å². The molecule has 1 aromatic carbocycles. The predicted molar refractivity (Wildman–Crippen MR) is 62.8 cm³/mol. The van der Waals surface area contributed by atoms with Crippen LogP contribution in [0.25, 0.3) is 0 Å². The van der Waals surface area contributed by atoms with Crippen LogP contribution >= 0.6 is 0 Å². The highest BCUT2D eigenvalue weighted by molar-refractivity contribution is 6.05. The third-order valence-electron chi connectivity index (χ3n) is 2.59. The van der Waals surface area contributed by atoms with E-state index in [1.807, 2.05) is 30.3 Å². The van der Waals surface area contributed by atoms with Crippen LogP contribution in [-0.2, 0) is 20.9 Å². The van der Waals surface area contributed by atoms with Crippen LogP contribution in [0.4, 0.5) is 4.79 Å². The number of carbonyl (C=O) groups excluding carboxylic acids is 3. The molecule has 0 N–H and O–H groups in total. The molecule has 0 atom stereocenters. The van der Waals surface area contributed by atoms with E-state index in [0.29, 0.717) is 0 Å². The number of ketones is 2. The van der Waals surface area contributed by atoms with Gasteiger partial charge >= 0.3 is 6.09 Å². The van der Waals surface area contributed by atoms with Gasteiger partial charge in [0.05, 0.1) is 19.5 Å². The zero-order valence-electron chi connectivity index (χ0n) is 9.80. The summed E-state index contributed by atoms with van der Waals surface area (Å²) in [7, 11) is 0. The fourth-order valence-corrected chi connectivity index (χ4v) is 1.75. The highest BCUT2D eigenvalue weighted by Gasteiger charge is 2.27. The third-order valence-corrected chi connectivity index (χ3v) is 2.59. The molecule has 0 bridgehead atoms. The van der Waals surface area contributed by atoms with Crippen LogP contribution in [0.1, 0.15) is 12.0 Å². The summed E-state index contributed by atoms with van der Waals surface area (Å²) in [5.74, 6) is -0.495. The fraction of sp³-hybridized carbons (Fsp3) is 0.308. The standard InChI is InChI=1S/C13H13NO4/c15-11-6-12(16)8-14(7-11)13(17)18-9-10-4-2-1-3-5-10/h1-5H,6-9H2. The normalized spacial score (nSPS) is 15.7. The van der Waals surface area contributed by atoms with Crippen LogP contribution < -0.4 is 0 Å². The summed E-state index contributed by atoms with van der Waals surface area (Å²) in [6.45, 7) is 0.0529. The van der Waals surface area contributed by atoms with E-state index in [-0.39, 0.29) is 37.7 Å². The average molecular weight is 247 g/mol. The van der Waals surface area contributed by atoms with Crippen LogP contribution in [0.5, 0.6) is 0 Å². The Bertz CT molecular complexity index is 453. The van der Waals surface area contributed by atoms with Gasteiger partial charge in [-0.2, -0.15) is 0 Å². The minimum Gasteiger partial charge on any atom is -0.445 e. The van der Waals surface area contributed by atoms with Gasteiger partial charge in [-0.25, -0.2) is 4.79 Å². The van der Waals surface area contributed by atoms with Crippen molar-refractivity contribution < 1.29 is 19.1 Å². The van der Waals surface area contributed by atoms with Gasteiger partial charge in [0.25, 0.3) is 0 Å². The number of likely N-dealkylation sites (tertiary alicyclic amines) is 1. The molecule has 18 heavy (non-hydrogen) atoms. The minimum absolute atomic E-state index is 0.0423. The van der Waals surface area contributed by atoms with E-state index in [4.69, 9.17) is 4.74 Å². The molecule has 1 aliphatic heterocycles. The average Bonchev–Trinajstić information content (AvgIpc) is 2.36. The second kappa shape index (κ2) is 5.44. The maximum Gasteiger partial charge on any atom is 0.410 e. The van der Waals surface area contributed by atoms with Gasteiger partial charge in [-0.05, 0) is 5.56 Å². The van der Waals surface area contributed by atoms with Crippen LogP contribution in [0.15, 0.2) is 30.3 Å². The van der Waals surface area contributed by atoms with Crippen molar-refractivity contribution in [1.82, 2.24) is 4.90 Å². The Hall–Kier alpha value is -2.17. The summed E-state index contributed by atoms with van der Waals surface area (Å²) >= 11 is 0. The molecule has 0 radical (unpaired) electrons. The molecule has 1 aliphatic rings. The highest BCUT2D eigenvalue weighted by atomic mass is 16.6. The van der Waals surface area contributed by atoms with Gasteiger partial charge in [-0.3, -0.25) is 14.5 Å². The zero-order valence-corrected chi connectivity index (χ0v) is 9.80. The Morgan fingerprint density at radius 1 is 1.11 bits per heavy atom. The summed E-state index contributed by atoms with van der Waals surface area (Å²) in [6, 6.07) is 9.22. The first-order valence-corrected chi connectivity index (χ1v) is 5.64. The molecule has 0 unspecified atom stereocenters. The molecular weight excluding hydrogens is 234 g/mol. The molecule has 0 saturated carbocycles. The van der Waals surface area contributed by atoms with Crippen molar-refractivity contribution >= 4 is 17.7 Å². The van der Waals surface area contributed by atoms with Crippen LogP contribution in [0.3, 0.4) is 0 Å². The van der Waals surface area contributed by atoms with Crippen molar-refractivity contribution in [3.63, 3.8) is 0 Å². The minimum atomic E-state index is -0.625. The lowest BCUT2D eigenvalue weighted by molar-refractivity contribution is -0.131. The summed E-state index contributed by atoms with van der Waals surface area (Å²) in [5, 5.41) is 0. The molecule has 94 valence electrons. The van der Waals surface area contributed by atoms with E-state index in [9.17, 15) is 14.4 Å². The Morgan fingerprint density at radius 2 is 1.72 bits per heavy atom. The third kappa shape index (κ3) is 3.16. The number of piperidine rings is 1. The van der Waals surface area contributed by atoms with E-state index in [2.05, 4.69) is 0 Å². The maximum absolute atomic E-state index is 11.7. The van der Waals surface area contributed by atoms with Gasteiger partial charge in [-0.15, -0.1) is 0 Å². The van der Waals surface area contributed by atoms with Gasteiger partial charge in [0.15, 0.2) is 11.6 Å². The lowest BCUT2D eigenvalue weighted by Crippen LogP contribution is -2.44. The van der Waals surface area contributed by atoms with Crippen molar-refractivity contribution in [2.75, 3.05) is 13.1 Å². The Kier molecular flexibility index (Phi) is 3.72. The quantitative estimate of drug-likeness (QED) is 0.736. The maximum atomic E-state index is 11.7. The van der Waals surface area contributed by atoms with Gasteiger partial charge in [0.1, 0.15) is 6.61 Å². The van der Waals surface area contributed by atoms with Gasteiger partial charge in [0.2, 0.25) is 0 Å². The molecule has 0 aliphatic carbocycles. The lowest BCUT2D eigenvalue weighted by Gasteiger charge is -2.24. The van der Waals surface area contributed by atoms with Crippen molar-refractivity contribution in [2.24, 2.45) is 0 Å². The van der Waals surface area contributed by atoms with E-state index in [1.54, 1.807) is 0 Å².